The van der Waals surface area contributed by atoms with Crippen LogP contribution >= 0.6 is 11.8 Å². The highest BCUT2D eigenvalue weighted by Crippen LogP contribution is 2.23. The molecular weight excluding hydrogens is 246 g/mol. The minimum Gasteiger partial charge on any atom is -0.372 e. The van der Waals surface area contributed by atoms with Gasteiger partial charge in [0.25, 0.3) is 0 Å². The monoisotopic (exact) mass is 265 g/mol. The smallest absolute Gasteiger partial charge is 0.163 e. The molecule has 98 valence electrons. The van der Waals surface area contributed by atoms with Crippen LogP contribution < -0.4 is 5.32 Å². The standard InChI is InChI=1S/C12H19N5S/c1-5-8(2)18-7-10-15-11(13-3)9-6-14-17(4)12(9)16-10/h6,8H,5,7H2,1-4H3,(H,13,15,16). The van der Waals surface area contributed by atoms with Crippen molar-refractivity contribution in [2.45, 2.75) is 31.3 Å². The Morgan fingerprint density at radius 2 is 2.22 bits per heavy atom. The second-order valence-electron chi connectivity index (χ2n) is 4.27. The van der Waals surface area contributed by atoms with E-state index in [4.69, 9.17) is 0 Å². The van der Waals surface area contributed by atoms with E-state index in [1.807, 2.05) is 25.9 Å². The molecule has 0 fully saturated rings. The number of aryl methyl sites for hydroxylation is 1. The number of fused-ring (bicyclic) bond motifs is 1. The number of hydrogen-bond donors (Lipinski definition) is 1. The van der Waals surface area contributed by atoms with Gasteiger partial charge in [-0.1, -0.05) is 13.8 Å². The summed E-state index contributed by atoms with van der Waals surface area (Å²) in [4.78, 5) is 9.12. The molecule has 2 heterocycles. The highest BCUT2D eigenvalue weighted by Gasteiger charge is 2.11. The van der Waals surface area contributed by atoms with E-state index in [-0.39, 0.29) is 0 Å². The summed E-state index contributed by atoms with van der Waals surface area (Å²) in [6, 6.07) is 0. The Hall–Kier alpha value is -1.30. The van der Waals surface area contributed by atoms with Crippen molar-refractivity contribution >= 4 is 28.6 Å². The summed E-state index contributed by atoms with van der Waals surface area (Å²) in [5, 5.41) is 8.94. The lowest BCUT2D eigenvalue weighted by atomic mass is 10.4. The number of aromatic nitrogens is 4. The van der Waals surface area contributed by atoms with Gasteiger partial charge in [-0.05, 0) is 6.42 Å². The molecule has 0 saturated heterocycles. The second kappa shape index (κ2) is 5.56. The van der Waals surface area contributed by atoms with Gasteiger partial charge in [0.2, 0.25) is 0 Å². The lowest BCUT2D eigenvalue weighted by Gasteiger charge is -2.09. The van der Waals surface area contributed by atoms with Crippen molar-refractivity contribution in [3.8, 4) is 0 Å². The van der Waals surface area contributed by atoms with Crippen molar-refractivity contribution in [1.29, 1.82) is 0 Å². The first-order valence-electron chi connectivity index (χ1n) is 6.13. The topological polar surface area (TPSA) is 55.6 Å². The lowest BCUT2D eigenvalue weighted by Crippen LogP contribution is -2.03. The average molecular weight is 265 g/mol. The molecule has 0 aromatic carbocycles. The van der Waals surface area contributed by atoms with E-state index in [9.17, 15) is 0 Å². The molecule has 0 spiro atoms. The van der Waals surface area contributed by atoms with Gasteiger partial charge in [-0.25, -0.2) is 9.97 Å². The fourth-order valence-electron chi connectivity index (χ4n) is 1.66. The highest BCUT2D eigenvalue weighted by molar-refractivity contribution is 7.99. The Morgan fingerprint density at radius 3 is 2.89 bits per heavy atom. The van der Waals surface area contributed by atoms with Crippen LogP contribution in [0.5, 0.6) is 0 Å². The van der Waals surface area contributed by atoms with Crippen LogP contribution in [0.25, 0.3) is 11.0 Å². The minimum atomic E-state index is 0.633. The molecular formula is C12H19N5S. The Labute approximate surface area is 111 Å². The third-order valence-electron chi connectivity index (χ3n) is 2.95. The summed E-state index contributed by atoms with van der Waals surface area (Å²) in [5.41, 5.74) is 0.883. The van der Waals surface area contributed by atoms with E-state index in [1.165, 1.54) is 0 Å². The Morgan fingerprint density at radius 1 is 1.44 bits per heavy atom. The number of nitrogens with one attached hydrogen (secondary N) is 1. The van der Waals surface area contributed by atoms with Crippen molar-refractivity contribution < 1.29 is 0 Å². The van der Waals surface area contributed by atoms with Gasteiger partial charge in [-0.15, -0.1) is 0 Å². The zero-order valence-corrected chi connectivity index (χ0v) is 12.1. The molecule has 18 heavy (non-hydrogen) atoms. The molecule has 1 unspecified atom stereocenters. The van der Waals surface area contributed by atoms with Crippen molar-refractivity contribution in [2.24, 2.45) is 7.05 Å². The summed E-state index contributed by atoms with van der Waals surface area (Å²) < 4.78 is 1.79. The van der Waals surface area contributed by atoms with Crippen LogP contribution in [0, 0.1) is 0 Å². The van der Waals surface area contributed by atoms with E-state index in [1.54, 1.807) is 10.9 Å². The molecule has 5 nitrogen and oxygen atoms in total. The first-order chi connectivity index (χ1) is 8.65. The van der Waals surface area contributed by atoms with E-state index >= 15 is 0 Å². The summed E-state index contributed by atoms with van der Waals surface area (Å²) in [5.74, 6) is 2.55. The molecule has 0 aliphatic carbocycles. The maximum Gasteiger partial charge on any atom is 0.163 e. The van der Waals surface area contributed by atoms with Crippen LogP contribution in [0.1, 0.15) is 26.1 Å². The van der Waals surface area contributed by atoms with Gasteiger partial charge in [-0.3, -0.25) is 4.68 Å². The maximum absolute atomic E-state index is 4.58. The highest BCUT2D eigenvalue weighted by atomic mass is 32.2. The molecule has 0 aliphatic rings. The Balaban J connectivity index is 2.31. The molecule has 0 aliphatic heterocycles. The average Bonchev–Trinajstić information content (AvgIpc) is 2.77. The van der Waals surface area contributed by atoms with E-state index in [2.05, 4.69) is 34.2 Å². The van der Waals surface area contributed by atoms with E-state index in [0.717, 1.165) is 34.8 Å². The summed E-state index contributed by atoms with van der Waals surface area (Å²) in [6.45, 7) is 4.42. The van der Waals surface area contributed by atoms with Gasteiger partial charge in [0, 0.05) is 19.3 Å². The largest absolute Gasteiger partial charge is 0.372 e. The zero-order valence-electron chi connectivity index (χ0n) is 11.3. The molecule has 2 rings (SSSR count). The van der Waals surface area contributed by atoms with Crippen molar-refractivity contribution in [3.05, 3.63) is 12.0 Å². The third kappa shape index (κ3) is 2.58. The number of anilines is 1. The molecule has 2 aromatic rings. The third-order valence-corrected chi connectivity index (χ3v) is 4.27. The fourth-order valence-corrected chi connectivity index (χ4v) is 2.46. The SMILES string of the molecule is CCC(C)SCc1nc(NC)c2cnn(C)c2n1. The number of hydrogen-bond acceptors (Lipinski definition) is 5. The van der Waals surface area contributed by atoms with Crippen LogP contribution in [-0.2, 0) is 12.8 Å². The second-order valence-corrected chi connectivity index (χ2v) is 5.70. The van der Waals surface area contributed by atoms with Gasteiger partial charge in [0.05, 0.1) is 17.3 Å². The van der Waals surface area contributed by atoms with Crippen LogP contribution in [0.3, 0.4) is 0 Å². The van der Waals surface area contributed by atoms with E-state index < -0.39 is 0 Å². The zero-order chi connectivity index (χ0) is 13.1. The van der Waals surface area contributed by atoms with Crippen molar-refractivity contribution in [2.75, 3.05) is 12.4 Å². The van der Waals surface area contributed by atoms with Crippen LogP contribution in [0.4, 0.5) is 5.82 Å². The molecule has 0 radical (unpaired) electrons. The predicted molar refractivity (Wildman–Crippen MR) is 76.9 cm³/mol. The number of thioether (sulfide) groups is 1. The Bertz CT molecular complexity index is 536. The van der Waals surface area contributed by atoms with Gasteiger partial charge in [0.15, 0.2) is 5.65 Å². The van der Waals surface area contributed by atoms with Crippen molar-refractivity contribution in [3.63, 3.8) is 0 Å². The molecule has 1 atom stereocenters. The quantitative estimate of drug-likeness (QED) is 0.900. The fraction of sp³-hybridized carbons (Fsp3) is 0.583. The first kappa shape index (κ1) is 13.1. The van der Waals surface area contributed by atoms with Crippen LogP contribution in [-0.4, -0.2) is 32.0 Å². The maximum atomic E-state index is 4.58. The molecule has 0 bridgehead atoms. The van der Waals surface area contributed by atoms with Gasteiger partial charge in [-0.2, -0.15) is 16.9 Å². The minimum absolute atomic E-state index is 0.633. The predicted octanol–water partition coefficient (Wildman–Crippen LogP) is 2.44. The lowest BCUT2D eigenvalue weighted by molar-refractivity contribution is 0.782. The summed E-state index contributed by atoms with van der Waals surface area (Å²) in [7, 11) is 3.78. The number of nitrogens with zero attached hydrogens (tertiary/aromatic N) is 4. The molecule has 2 aromatic heterocycles. The van der Waals surface area contributed by atoms with Crippen LogP contribution in [0.2, 0.25) is 0 Å². The molecule has 0 saturated carbocycles. The van der Waals surface area contributed by atoms with Crippen molar-refractivity contribution in [1.82, 2.24) is 19.7 Å². The number of rotatable bonds is 5. The summed E-state index contributed by atoms with van der Waals surface area (Å²) >= 11 is 1.88. The van der Waals surface area contributed by atoms with Gasteiger partial charge < -0.3 is 5.32 Å². The van der Waals surface area contributed by atoms with Crippen LogP contribution in [0.15, 0.2) is 6.20 Å². The van der Waals surface area contributed by atoms with Gasteiger partial charge in [0.1, 0.15) is 11.6 Å². The van der Waals surface area contributed by atoms with E-state index in [0.29, 0.717) is 5.25 Å². The Kier molecular flexibility index (Phi) is 4.06. The molecule has 0 amide bonds. The van der Waals surface area contributed by atoms with Gasteiger partial charge >= 0.3 is 0 Å². The molecule has 1 N–H and O–H groups in total. The molecule has 6 heteroatoms. The first-order valence-corrected chi connectivity index (χ1v) is 7.18. The summed E-state index contributed by atoms with van der Waals surface area (Å²) in [6.07, 6.45) is 2.96. The normalized spacial score (nSPS) is 12.9.